The third-order valence-corrected chi connectivity index (χ3v) is 8.65. The van der Waals surface area contributed by atoms with Gasteiger partial charge in [0.2, 0.25) is 0 Å². The number of carbonyl (C=O) groups is 2. The van der Waals surface area contributed by atoms with Crippen molar-refractivity contribution >= 4 is 28.7 Å². The highest BCUT2D eigenvalue weighted by molar-refractivity contribution is 5.95. The molecule has 0 N–H and O–H groups in total. The summed E-state index contributed by atoms with van der Waals surface area (Å²) in [5.74, 6) is 0.483. The molecular weight excluding hydrogens is 518 g/mol. The highest BCUT2D eigenvalue weighted by Crippen LogP contribution is 2.59. The van der Waals surface area contributed by atoms with Crippen LogP contribution in [0.5, 0.6) is 5.75 Å². The average Bonchev–Trinajstić information content (AvgIpc) is 3.51. The van der Waals surface area contributed by atoms with Gasteiger partial charge in [-0.3, -0.25) is 9.47 Å². The molecule has 0 unspecified atom stereocenters. The molecule has 8 heteroatoms. The van der Waals surface area contributed by atoms with Crippen molar-refractivity contribution in [2.45, 2.75) is 71.6 Å². The van der Waals surface area contributed by atoms with Crippen LogP contribution in [0.1, 0.15) is 79.5 Å². The van der Waals surface area contributed by atoms with Crippen molar-refractivity contribution < 1.29 is 23.8 Å². The zero-order valence-corrected chi connectivity index (χ0v) is 25.7. The number of anilines is 1. The second-order valence-electron chi connectivity index (χ2n) is 12.9. The van der Waals surface area contributed by atoms with Crippen molar-refractivity contribution in [3.63, 3.8) is 0 Å². The van der Waals surface area contributed by atoms with E-state index in [0.717, 1.165) is 52.9 Å². The molecule has 8 nitrogen and oxygen atoms in total. The van der Waals surface area contributed by atoms with Crippen LogP contribution in [0.3, 0.4) is 0 Å². The van der Waals surface area contributed by atoms with E-state index in [-0.39, 0.29) is 18.1 Å². The van der Waals surface area contributed by atoms with Gasteiger partial charge in [-0.05, 0) is 101 Å². The molecule has 1 atom stereocenters. The molecule has 1 aliphatic carbocycles. The molecule has 2 aromatic carbocycles. The number of piperidine rings is 1. The van der Waals surface area contributed by atoms with E-state index in [0.29, 0.717) is 17.5 Å². The first-order valence-electron chi connectivity index (χ1n) is 14.4. The quantitative estimate of drug-likeness (QED) is 0.310. The van der Waals surface area contributed by atoms with Crippen LogP contribution in [0.4, 0.5) is 10.5 Å². The fraction of sp³-hybridized carbons (Fsp3) is 0.515. The number of esters is 1. The molecule has 1 aliphatic heterocycles. The molecule has 0 bridgehead atoms. The fourth-order valence-corrected chi connectivity index (χ4v) is 6.34. The molecule has 5 rings (SSSR count). The minimum atomic E-state index is -0.593. The number of methoxy groups -OCH3 is 2. The topological polar surface area (TPSA) is 73.2 Å². The molecule has 2 heterocycles. The SMILES string of the molecule is COC(=O)c1ccc([C@@H]2CC3(CCN2Cc2c(OC)cc(C)c4c2ccn4C(=O)OC(C)(C)C)CC3)c(N(C)C)c1. The van der Waals surface area contributed by atoms with Gasteiger partial charge >= 0.3 is 12.1 Å². The predicted molar refractivity (Wildman–Crippen MR) is 161 cm³/mol. The molecule has 2 fully saturated rings. The Morgan fingerprint density at radius 3 is 2.41 bits per heavy atom. The fourth-order valence-electron chi connectivity index (χ4n) is 6.34. The number of carbonyl (C=O) groups excluding carboxylic acids is 2. The maximum atomic E-state index is 13.1. The van der Waals surface area contributed by atoms with E-state index in [1.807, 2.05) is 66.1 Å². The average molecular weight is 562 g/mol. The van der Waals surface area contributed by atoms with Crippen LogP contribution in [-0.2, 0) is 16.0 Å². The summed E-state index contributed by atoms with van der Waals surface area (Å²) in [6.07, 6.45) is 6.19. The Hall–Kier alpha value is -3.52. The van der Waals surface area contributed by atoms with Crippen LogP contribution in [0, 0.1) is 12.3 Å². The lowest BCUT2D eigenvalue weighted by molar-refractivity contribution is 0.0542. The molecular formula is C33H43N3O5. The number of ether oxygens (including phenoxy) is 3. The minimum absolute atomic E-state index is 0.171. The first-order chi connectivity index (χ1) is 19.4. The van der Waals surface area contributed by atoms with Gasteiger partial charge in [0.05, 0.1) is 25.3 Å². The van der Waals surface area contributed by atoms with E-state index in [9.17, 15) is 9.59 Å². The standard InChI is InChI=1S/C33H43N3O5/c1-21-17-28(39-7)25(23-11-15-36(29(21)23)31(38)41-32(2,3)4)20-35-16-14-33(12-13-33)19-27(35)24-10-9-22(30(37)40-8)18-26(24)34(5)6/h9-11,15,17-18,27H,12-14,16,19-20H2,1-8H3/t27-/m0/s1. The largest absolute Gasteiger partial charge is 0.496 e. The first-order valence-corrected chi connectivity index (χ1v) is 14.4. The monoisotopic (exact) mass is 561 g/mol. The molecule has 1 saturated heterocycles. The zero-order chi connectivity index (χ0) is 29.7. The molecule has 0 radical (unpaired) electrons. The van der Waals surface area contributed by atoms with E-state index in [2.05, 4.69) is 15.9 Å². The number of fused-ring (bicyclic) bond motifs is 1. The number of aromatic nitrogens is 1. The normalized spacial score (nSPS) is 18.4. The Kier molecular flexibility index (Phi) is 7.57. The van der Waals surface area contributed by atoms with Gasteiger partial charge in [0.1, 0.15) is 11.4 Å². The van der Waals surface area contributed by atoms with Crippen LogP contribution in [-0.4, -0.2) is 62.0 Å². The van der Waals surface area contributed by atoms with Crippen molar-refractivity contribution in [2.24, 2.45) is 5.41 Å². The number of nitrogens with zero attached hydrogens (tertiary/aromatic N) is 3. The van der Waals surface area contributed by atoms with Crippen molar-refractivity contribution in [3.05, 3.63) is 58.8 Å². The molecule has 41 heavy (non-hydrogen) atoms. The number of aryl methyl sites for hydroxylation is 1. The van der Waals surface area contributed by atoms with Gasteiger partial charge in [-0.2, -0.15) is 0 Å². The predicted octanol–water partition coefficient (Wildman–Crippen LogP) is 6.71. The Morgan fingerprint density at radius 1 is 1.07 bits per heavy atom. The second kappa shape index (κ2) is 10.7. The van der Waals surface area contributed by atoms with Crippen LogP contribution < -0.4 is 9.64 Å². The van der Waals surface area contributed by atoms with E-state index >= 15 is 0 Å². The third-order valence-electron chi connectivity index (χ3n) is 8.65. The lowest BCUT2D eigenvalue weighted by Crippen LogP contribution is -2.38. The Bertz CT molecular complexity index is 1480. The van der Waals surface area contributed by atoms with Gasteiger partial charge < -0.3 is 19.1 Å². The minimum Gasteiger partial charge on any atom is -0.496 e. The van der Waals surface area contributed by atoms with Gasteiger partial charge in [0, 0.05) is 49.5 Å². The smallest absolute Gasteiger partial charge is 0.419 e. The molecule has 2 aliphatic rings. The molecule has 0 amide bonds. The summed E-state index contributed by atoms with van der Waals surface area (Å²) in [4.78, 5) is 30.1. The molecule has 1 spiro atoms. The Balaban J connectivity index is 1.57. The lowest BCUT2D eigenvalue weighted by atomic mass is 9.83. The number of rotatable bonds is 6. The van der Waals surface area contributed by atoms with Crippen molar-refractivity contribution in [1.82, 2.24) is 9.47 Å². The van der Waals surface area contributed by atoms with Crippen LogP contribution in [0.2, 0.25) is 0 Å². The zero-order valence-electron chi connectivity index (χ0n) is 25.7. The summed E-state index contributed by atoms with van der Waals surface area (Å²) < 4.78 is 18.3. The van der Waals surface area contributed by atoms with E-state index in [1.165, 1.54) is 25.5 Å². The van der Waals surface area contributed by atoms with Crippen LogP contribution >= 0.6 is 0 Å². The van der Waals surface area contributed by atoms with Gasteiger partial charge in [-0.25, -0.2) is 9.59 Å². The Morgan fingerprint density at radius 2 is 1.80 bits per heavy atom. The summed E-state index contributed by atoms with van der Waals surface area (Å²) in [6.45, 7) is 9.26. The van der Waals surface area contributed by atoms with Gasteiger partial charge in [-0.1, -0.05) is 6.07 Å². The van der Waals surface area contributed by atoms with Crippen molar-refractivity contribution in [2.75, 3.05) is 39.8 Å². The number of likely N-dealkylation sites (tertiary alicyclic amines) is 1. The number of hydrogen-bond donors (Lipinski definition) is 0. The summed E-state index contributed by atoms with van der Waals surface area (Å²) in [5.41, 5.74) is 5.46. The van der Waals surface area contributed by atoms with E-state index in [1.54, 1.807) is 17.9 Å². The third kappa shape index (κ3) is 5.67. The van der Waals surface area contributed by atoms with Gasteiger partial charge in [0.25, 0.3) is 0 Å². The second-order valence-corrected chi connectivity index (χ2v) is 12.9. The first kappa shape index (κ1) is 29.0. The summed E-state index contributed by atoms with van der Waals surface area (Å²) >= 11 is 0. The molecule has 1 aromatic heterocycles. The lowest BCUT2D eigenvalue weighted by Gasteiger charge is -2.42. The highest BCUT2D eigenvalue weighted by Gasteiger charge is 2.49. The van der Waals surface area contributed by atoms with E-state index in [4.69, 9.17) is 14.2 Å². The Labute approximate surface area is 243 Å². The molecule has 1 saturated carbocycles. The maximum absolute atomic E-state index is 13.1. The van der Waals surface area contributed by atoms with Gasteiger partial charge in [0.15, 0.2) is 0 Å². The van der Waals surface area contributed by atoms with Crippen molar-refractivity contribution in [1.29, 1.82) is 0 Å². The maximum Gasteiger partial charge on any atom is 0.419 e. The summed E-state index contributed by atoms with van der Waals surface area (Å²) in [6, 6.07) is 10.1. The van der Waals surface area contributed by atoms with E-state index < -0.39 is 5.60 Å². The number of hydrogen-bond acceptors (Lipinski definition) is 7. The molecule has 220 valence electrons. The molecule has 3 aromatic rings. The van der Waals surface area contributed by atoms with Crippen LogP contribution in [0.25, 0.3) is 10.9 Å². The van der Waals surface area contributed by atoms with Gasteiger partial charge in [-0.15, -0.1) is 0 Å². The highest BCUT2D eigenvalue weighted by atomic mass is 16.6. The van der Waals surface area contributed by atoms with Crippen LogP contribution in [0.15, 0.2) is 36.5 Å². The summed E-state index contributed by atoms with van der Waals surface area (Å²) in [5, 5.41) is 0.993. The van der Waals surface area contributed by atoms with Crippen molar-refractivity contribution in [3.8, 4) is 5.75 Å². The number of benzene rings is 2. The summed E-state index contributed by atoms with van der Waals surface area (Å²) in [7, 11) is 7.16.